The molecule has 4 rings (SSSR count). The van der Waals surface area contributed by atoms with Gasteiger partial charge in [0.05, 0.1) is 10.6 Å². The molecule has 1 fully saturated rings. The number of hydrogen-bond acceptors (Lipinski definition) is 6. The Morgan fingerprint density at radius 3 is 2.86 bits per heavy atom. The van der Waals surface area contributed by atoms with Crippen LogP contribution >= 0.6 is 11.3 Å². The summed E-state index contributed by atoms with van der Waals surface area (Å²) in [6, 6.07) is 6.16. The second-order valence-corrected chi connectivity index (χ2v) is 9.58. The van der Waals surface area contributed by atoms with E-state index in [0.717, 1.165) is 50.0 Å². The van der Waals surface area contributed by atoms with E-state index in [9.17, 15) is 12.8 Å². The number of nitrogens with one attached hydrogen (secondary N) is 1. The topological polar surface area (TPSA) is 75.4 Å². The summed E-state index contributed by atoms with van der Waals surface area (Å²) in [6.07, 6.45) is 2.68. The van der Waals surface area contributed by atoms with Crippen molar-refractivity contribution in [3.05, 3.63) is 46.5 Å². The van der Waals surface area contributed by atoms with Gasteiger partial charge in [0.25, 0.3) is 0 Å². The highest BCUT2D eigenvalue weighted by Crippen LogP contribution is 2.32. The third-order valence-corrected chi connectivity index (χ3v) is 7.48. The molecule has 0 unspecified atom stereocenters. The maximum atomic E-state index is 13.3. The molecule has 0 atom stereocenters. The highest BCUT2D eigenvalue weighted by molar-refractivity contribution is 7.89. The lowest BCUT2D eigenvalue weighted by Gasteiger charge is -2.31. The van der Waals surface area contributed by atoms with Crippen LogP contribution in [0.4, 0.5) is 4.39 Å². The zero-order chi connectivity index (χ0) is 19.6. The maximum absolute atomic E-state index is 13.3. The first kappa shape index (κ1) is 19.5. The van der Waals surface area contributed by atoms with Crippen LogP contribution in [0.5, 0.6) is 0 Å². The molecule has 3 heterocycles. The van der Waals surface area contributed by atoms with Crippen molar-refractivity contribution in [2.75, 3.05) is 26.2 Å². The molecule has 0 spiro atoms. The van der Waals surface area contributed by atoms with Crippen molar-refractivity contribution in [2.45, 2.75) is 30.1 Å². The number of likely N-dealkylation sites (tertiary alicyclic amines) is 1. The molecule has 3 aromatic rings. The maximum Gasteiger partial charge on any atom is 0.241 e. The van der Waals surface area contributed by atoms with E-state index in [0.29, 0.717) is 22.9 Å². The number of piperidine rings is 1. The van der Waals surface area contributed by atoms with Crippen molar-refractivity contribution >= 4 is 32.3 Å². The van der Waals surface area contributed by atoms with Gasteiger partial charge in [-0.05, 0) is 62.5 Å². The zero-order valence-electron chi connectivity index (χ0n) is 15.3. The summed E-state index contributed by atoms with van der Waals surface area (Å²) in [5, 5.41) is 8.46. The third-order valence-electron chi connectivity index (χ3n) is 5.18. The molecular weight excluding hydrogens is 401 g/mol. The summed E-state index contributed by atoms with van der Waals surface area (Å²) >= 11 is 1.37. The van der Waals surface area contributed by atoms with Crippen molar-refractivity contribution < 1.29 is 17.3 Å². The summed E-state index contributed by atoms with van der Waals surface area (Å²) in [4.78, 5) is 2.68. The van der Waals surface area contributed by atoms with Crippen LogP contribution in [0.2, 0.25) is 0 Å². The van der Waals surface area contributed by atoms with Gasteiger partial charge in [-0.25, -0.2) is 17.5 Å². The second kappa shape index (κ2) is 8.28. The molecule has 1 aliphatic rings. The lowest BCUT2D eigenvalue weighted by atomic mass is 9.91. The quantitative estimate of drug-likeness (QED) is 0.588. The number of rotatable bonds is 7. The minimum Gasteiger partial charge on any atom is -0.356 e. The fraction of sp³-hybridized carbons (Fsp3) is 0.421. The van der Waals surface area contributed by atoms with Crippen LogP contribution in [0.15, 0.2) is 44.4 Å². The summed E-state index contributed by atoms with van der Waals surface area (Å²) in [6.45, 7) is 3.14. The number of sulfonamides is 1. The molecular formula is C19H22FN3O3S2. The summed E-state index contributed by atoms with van der Waals surface area (Å²) < 4.78 is 45.4. The number of thiophene rings is 1. The van der Waals surface area contributed by atoms with E-state index in [1.54, 1.807) is 22.9 Å². The van der Waals surface area contributed by atoms with Gasteiger partial charge in [-0.15, -0.1) is 0 Å². The smallest absolute Gasteiger partial charge is 0.241 e. The third kappa shape index (κ3) is 4.27. The van der Waals surface area contributed by atoms with E-state index in [1.807, 2.05) is 0 Å². The van der Waals surface area contributed by atoms with Gasteiger partial charge in [0, 0.05) is 29.3 Å². The van der Waals surface area contributed by atoms with Crippen LogP contribution in [0.3, 0.4) is 0 Å². The monoisotopic (exact) mass is 423 g/mol. The fourth-order valence-corrected chi connectivity index (χ4v) is 5.76. The van der Waals surface area contributed by atoms with E-state index in [2.05, 4.69) is 14.8 Å². The van der Waals surface area contributed by atoms with Crippen LogP contribution in [-0.2, 0) is 10.0 Å². The predicted molar refractivity (Wildman–Crippen MR) is 107 cm³/mol. The Labute approximate surface area is 167 Å². The second-order valence-electron chi connectivity index (χ2n) is 7.03. The molecule has 0 aliphatic carbocycles. The number of hydrogen-bond donors (Lipinski definition) is 1. The number of nitrogens with zero attached hydrogens (tertiary/aromatic N) is 2. The summed E-state index contributed by atoms with van der Waals surface area (Å²) in [5.74, 6) is -0.0142. The molecule has 0 bridgehead atoms. The molecule has 6 nitrogen and oxygen atoms in total. The number of benzene rings is 1. The molecule has 0 radical (unpaired) electrons. The number of aromatic nitrogens is 1. The van der Waals surface area contributed by atoms with Crippen molar-refractivity contribution in [3.63, 3.8) is 0 Å². The van der Waals surface area contributed by atoms with Gasteiger partial charge in [0.2, 0.25) is 10.0 Å². The summed E-state index contributed by atoms with van der Waals surface area (Å²) in [5.41, 5.74) is 1.41. The average molecular weight is 424 g/mol. The first-order chi connectivity index (χ1) is 13.5. The Morgan fingerprint density at radius 1 is 1.29 bits per heavy atom. The fourth-order valence-electron chi connectivity index (χ4n) is 3.65. The number of fused-ring (bicyclic) bond motifs is 1. The molecule has 1 N–H and O–H groups in total. The Balaban J connectivity index is 1.24. The molecule has 1 saturated heterocycles. The van der Waals surface area contributed by atoms with Crippen molar-refractivity contribution in [1.29, 1.82) is 0 Å². The zero-order valence-corrected chi connectivity index (χ0v) is 16.9. The van der Waals surface area contributed by atoms with Gasteiger partial charge >= 0.3 is 0 Å². The van der Waals surface area contributed by atoms with E-state index in [4.69, 9.17) is 4.52 Å². The van der Waals surface area contributed by atoms with Gasteiger partial charge in [-0.2, -0.15) is 11.3 Å². The molecule has 150 valence electrons. The van der Waals surface area contributed by atoms with Crippen molar-refractivity contribution in [3.8, 4) is 0 Å². The van der Waals surface area contributed by atoms with Gasteiger partial charge < -0.3 is 9.42 Å². The van der Waals surface area contributed by atoms with Crippen LogP contribution in [0, 0.1) is 5.82 Å². The Morgan fingerprint density at radius 2 is 2.11 bits per heavy atom. The minimum absolute atomic E-state index is 0.306. The lowest BCUT2D eigenvalue weighted by Crippen LogP contribution is -2.35. The first-order valence-electron chi connectivity index (χ1n) is 9.32. The van der Waals surface area contributed by atoms with E-state index < -0.39 is 10.0 Å². The largest absolute Gasteiger partial charge is 0.356 e. The van der Waals surface area contributed by atoms with E-state index in [-0.39, 0.29) is 5.82 Å². The van der Waals surface area contributed by atoms with Gasteiger partial charge in [-0.1, -0.05) is 5.16 Å². The van der Waals surface area contributed by atoms with Crippen molar-refractivity contribution in [2.24, 2.45) is 0 Å². The highest BCUT2D eigenvalue weighted by Gasteiger charge is 2.25. The minimum atomic E-state index is -3.39. The molecule has 2 aromatic heterocycles. The SMILES string of the molecule is O=S(=O)(NCCCN1CCC(c2noc3cc(F)ccc23)CC1)c1ccsc1. The molecule has 0 amide bonds. The highest BCUT2D eigenvalue weighted by atomic mass is 32.2. The Hall–Kier alpha value is -1.81. The normalized spacial score (nSPS) is 16.8. The van der Waals surface area contributed by atoms with Crippen LogP contribution in [0.1, 0.15) is 30.9 Å². The van der Waals surface area contributed by atoms with E-state index >= 15 is 0 Å². The lowest BCUT2D eigenvalue weighted by molar-refractivity contribution is 0.208. The predicted octanol–water partition coefficient (Wildman–Crippen LogP) is 3.58. The molecule has 0 saturated carbocycles. The Kier molecular flexibility index (Phi) is 5.77. The molecule has 9 heteroatoms. The van der Waals surface area contributed by atoms with Crippen molar-refractivity contribution in [1.82, 2.24) is 14.8 Å². The van der Waals surface area contributed by atoms with E-state index in [1.165, 1.54) is 23.5 Å². The molecule has 28 heavy (non-hydrogen) atoms. The Bertz CT molecular complexity index is 1030. The van der Waals surface area contributed by atoms with Gasteiger partial charge in [0.15, 0.2) is 5.58 Å². The van der Waals surface area contributed by atoms with Crippen LogP contribution in [0.25, 0.3) is 11.0 Å². The van der Waals surface area contributed by atoms with Gasteiger partial charge in [0.1, 0.15) is 5.82 Å². The molecule has 1 aliphatic heterocycles. The van der Waals surface area contributed by atoms with Crippen LogP contribution in [-0.4, -0.2) is 44.7 Å². The van der Waals surface area contributed by atoms with Gasteiger partial charge in [-0.3, -0.25) is 0 Å². The number of halogens is 1. The first-order valence-corrected chi connectivity index (χ1v) is 11.7. The van der Waals surface area contributed by atoms with Crippen LogP contribution < -0.4 is 4.72 Å². The molecule has 1 aromatic carbocycles. The summed E-state index contributed by atoms with van der Waals surface area (Å²) in [7, 11) is -3.39. The average Bonchev–Trinajstić information content (AvgIpc) is 3.36. The standard InChI is InChI=1S/C19H22FN3O3S2/c20-15-2-3-17-18(12-15)26-22-19(17)14-4-9-23(10-5-14)8-1-7-21-28(24,25)16-6-11-27-13-16/h2-3,6,11-14,21H,1,4-5,7-10H2.